The maximum absolute atomic E-state index is 13.2. The molecule has 0 aromatic carbocycles. The predicted molar refractivity (Wildman–Crippen MR) is 268 cm³/mol. The lowest BCUT2D eigenvalue weighted by atomic mass is 10.0. The highest BCUT2D eigenvalue weighted by atomic mass is 16.5. The fraction of sp³-hybridized carbons (Fsp3) is 0.750. The summed E-state index contributed by atoms with van der Waals surface area (Å²) >= 11 is 0. The molecule has 0 aromatic heterocycles. The van der Waals surface area contributed by atoms with Gasteiger partial charge in [0.15, 0.2) is 0 Å². The molecular weight excluding hydrogens is 767 g/mol. The van der Waals surface area contributed by atoms with E-state index >= 15 is 0 Å². The number of rotatable bonds is 46. The number of carbonyl (C=O) groups is 2. The summed E-state index contributed by atoms with van der Waals surface area (Å²) < 4.78 is 5.91. The summed E-state index contributed by atoms with van der Waals surface area (Å²) in [5.74, 6) is -0.538. The maximum Gasteiger partial charge on any atom is 0.306 e. The average molecular weight is 866 g/mol. The second kappa shape index (κ2) is 49.3. The number of aliphatic hydroxyl groups is 2. The summed E-state index contributed by atoms with van der Waals surface area (Å²) in [5.41, 5.74) is 0. The number of nitrogens with one attached hydrogen (secondary N) is 1. The Bertz CT molecular complexity index is 1150. The Morgan fingerprint density at radius 2 is 0.887 bits per heavy atom. The molecule has 3 unspecified atom stereocenters. The molecule has 6 heteroatoms. The number of carbonyl (C=O) groups excluding carboxylic acids is 2. The van der Waals surface area contributed by atoms with Crippen molar-refractivity contribution in [3.8, 4) is 0 Å². The van der Waals surface area contributed by atoms with Crippen LogP contribution in [0.1, 0.15) is 245 Å². The van der Waals surface area contributed by atoms with E-state index in [1.807, 2.05) is 0 Å². The van der Waals surface area contributed by atoms with Crippen LogP contribution in [-0.4, -0.2) is 46.9 Å². The highest BCUT2D eigenvalue weighted by Crippen LogP contribution is 2.17. The van der Waals surface area contributed by atoms with E-state index in [4.69, 9.17) is 4.74 Å². The van der Waals surface area contributed by atoms with E-state index in [1.165, 1.54) is 109 Å². The van der Waals surface area contributed by atoms with Gasteiger partial charge in [0.05, 0.1) is 25.2 Å². The van der Waals surface area contributed by atoms with E-state index in [0.717, 1.165) is 89.9 Å². The van der Waals surface area contributed by atoms with Crippen molar-refractivity contribution < 1.29 is 24.5 Å². The lowest BCUT2D eigenvalue weighted by Gasteiger charge is -2.24. The Morgan fingerprint density at radius 3 is 1.39 bits per heavy atom. The smallest absolute Gasteiger partial charge is 0.306 e. The molecule has 3 atom stereocenters. The first kappa shape index (κ1) is 59.3. The van der Waals surface area contributed by atoms with E-state index in [2.05, 4.69) is 99.0 Å². The van der Waals surface area contributed by atoms with Crippen molar-refractivity contribution in [3.63, 3.8) is 0 Å². The molecule has 0 heterocycles. The third-order valence-corrected chi connectivity index (χ3v) is 11.5. The first-order chi connectivity index (χ1) is 30.5. The molecule has 3 N–H and O–H groups in total. The van der Waals surface area contributed by atoms with E-state index in [0.29, 0.717) is 19.3 Å². The number of amides is 1. The van der Waals surface area contributed by atoms with Crippen molar-refractivity contribution in [1.82, 2.24) is 5.32 Å². The van der Waals surface area contributed by atoms with Crippen LogP contribution in [0.2, 0.25) is 0 Å². The normalized spacial score (nSPS) is 13.8. The highest BCUT2D eigenvalue weighted by Gasteiger charge is 2.24. The largest absolute Gasteiger partial charge is 0.462 e. The van der Waals surface area contributed by atoms with Gasteiger partial charge in [-0.1, -0.05) is 216 Å². The van der Waals surface area contributed by atoms with Crippen LogP contribution in [0, 0.1) is 0 Å². The van der Waals surface area contributed by atoms with Crippen LogP contribution in [0.3, 0.4) is 0 Å². The molecule has 0 saturated carbocycles. The second-order valence-corrected chi connectivity index (χ2v) is 17.5. The van der Waals surface area contributed by atoms with Gasteiger partial charge in [-0.2, -0.15) is 0 Å². The van der Waals surface area contributed by atoms with Gasteiger partial charge in [0, 0.05) is 6.42 Å². The van der Waals surface area contributed by atoms with Gasteiger partial charge in [-0.05, 0) is 89.9 Å². The molecule has 0 aliphatic heterocycles. The molecule has 0 radical (unpaired) electrons. The molecule has 0 spiro atoms. The van der Waals surface area contributed by atoms with Gasteiger partial charge in [0.25, 0.3) is 0 Å². The lowest BCUT2D eigenvalue weighted by molar-refractivity contribution is -0.151. The first-order valence-corrected chi connectivity index (χ1v) is 26.2. The summed E-state index contributed by atoms with van der Waals surface area (Å²) in [6.45, 7) is 6.32. The van der Waals surface area contributed by atoms with Gasteiger partial charge in [-0.3, -0.25) is 9.59 Å². The minimum absolute atomic E-state index is 0.0344. The fourth-order valence-corrected chi connectivity index (χ4v) is 7.57. The molecule has 0 fully saturated rings. The van der Waals surface area contributed by atoms with Crippen LogP contribution in [0.25, 0.3) is 0 Å². The van der Waals surface area contributed by atoms with Crippen LogP contribution in [0.4, 0.5) is 0 Å². The Kier molecular flexibility index (Phi) is 47.2. The minimum atomic E-state index is -0.805. The van der Waals surface area contributed by atoms with Gasteiger partial charge in [0.2, 0.25) is 5.91 Å². The molecule has 6 nitrogen and oxygen atoms in total. The monoisotopic (exact) mass is 866 g/mol. The topological polar surface area (TPSA) is 95.9 Å². The number of aliphatic hydroxyl groups excluding tert-OH is 2. The number of hydrogen-bond donors (Lipinski definition) is 3. The number of hydrogen-bond acceptors (Lipinski definition) is 5. The molecule has 0 saturated heterocycles. The molecule has 0 aliphatic rings. The Morgan fingerprint density at radius 1 is 0.484 bits per heavy atom. The Hall–Kier alpha value is -2.70. The zero-order valence-corrected chi connectivity index (χ0v) is 40.7. The van der Waals surface area contributed by atoms with Crippen LogP contribution < -0.4 is 5.32 Å². The lowest BCUT2D eigenvalue weighted by Crippen LogP contribution is -2.46. The Balaban J connectivity index is 4.66. The summed E-state index contributed by atoms with van der Waals surface area (Å²) in [6.07, 6.45) is 62.5. The molecule has 0 rings (SSSR count). The quantitative estimate of drug-likeness (QED) is 0.0322. The SMILES string of the molecule is CC/C=C/C/C=C/C/C=C/C/C=C/CCCC(CC(=O)NC(CO)C(O)CCCCCCCCCCCCCC)OC(=O)CCCCCCCCC/C=C\C/C=C\CCCCC. The van der Waals surface area contributed by atoms with E-state index in [-0.39, 0.29) is 24.9 Å². The Labute approximate surface area is 383 Å². The molecule has 0 bridgehead atoms. The molecule has 62 heavy (non-hydrogen) atoms. The highest BCUT2D eigenvalue weighted by molar-refractivity contribution is 5.77. The molecular formula is C56H99NO5. The van der Waals surface area contributed by atoms with Crippen molar-refractivity contribution >= 4 is 11.9 Å². The zero-order valence-electron chi connectivity index (χ0n) is 40.7. The van der Waals surface area contributed by atoms with Crippen molar-refractivity contribution in [3.05, 3.63) is 72.9 Å². The third kappa shape index (κ3) is 43.9. The van der Waals surface area contributed by atoms with Crippen LogP contribution in [0.15, 0.2) is 72.9 Å². The van der Waals surface area contributed by atoms with Gasteiger partial charge >= 0.3 is 5.97 Å². The van der Waals surface area contributed by atoms with E-state index in [1.54, 1.807) is 0 Å². The summed E-state index contributed by atoms with van der Waals surface area (Å²) in [6, 6.07) is -0.722. The number of allylic oxidation sites excluding steroid dienone is 12. The van der Waals surface area contributed by atoms with Crippen molar-refractivity contribution in [2.24, 2.45) is 0 Å². The second-order valence-electron chi connectivity index (χ2n) is 17.5. The average Bonchev–Trinajstić information content (AvgIpc) is 3.26. The van der Waals surface area contributed by atoms with Crippen LogP contribution in [0.5, 0.6) is 0 Å². The van der Waals surface area contributed by atoms with Gasteiger partial charge in [0.1, 0.15) is 6.10 Å². The van der Waals surface area contributed by atoms with Crippen LogP contribution >= 0.6 is 0 Å². The van der Waals surface area contributed by atoms with Crippen molar-refractivity contribution in [2.75, 3.05) is 6.61 Å². The summed E-state index contributed by atoms with van der Waals surface area (Å²) in [4.78, 5) is 26.1. The van der Waals surface area contributed by atoms with Crippen LogP contribution in [-0.2, 0) is 14.3 Å². The summed E-state index contributed by atoms with van der Waals surface area (Å²) in [5, 5.41) is 23.7. The van der Waals surface area contributed by atoms with Crippen molar-refractivity contribution in [2.45, 2.75) is 264 Å². The fourth-order valence-electron chi connectivity index (χ4n) is 7.57. The first-order valence-electron chi connectivity index (χ1n) is 26.2. The maximum atomic E-state index is 13.2. The van der Waals surface area contributed by atoms with Gasteiger partial charge in [-0.25, -0.2) is 0 Å². The number of ether oxygens (including phenoxy) is 1. The zero-order chi connectivity index (χ0) is 45.2. The summed E-state index contributed by atoms with van der Waals surface area (Å²) in [7, 11) is 0. The standard InChI is InChI=1S/C56H99NO5/c1-4-7-10-13-16-19-22-25-27-28-29-31-34-37-40-43-46-49-56(61)62-52(47-44-41-38-35-32-30-26-23-20-17-14-11-8-5-2)50-55(60)57-53(51-58)54(59)48-45-42-39-36-33-24-21-18-15-12-9-6-3/h8,11,16-17,19-20,25-27,30,35,38,52-54,58-59H,4-7,9-10,12-15,18,21-24,28-29,31-34,36-37,39-51H2,1-3H3,(H,57,60)/b11-8+,19-16-,20-17+,27-25-,30-26+,38-35+. The minimum Gasteiger partial charge on any atom is -0.462 e. The number of esters is 1. The predicted octanol–water partition coefficient (Wildman–Crippen LogP) is 15.8. The van der Waals surface area contributed by atoms with Crippen molar-refractivity contribution in [1.29, 1.82) is 0 Å². The van der Waals surface area contributed by atoms with E-state index < -0.39 is 18.2 Å². The molecule has 1 amide bonds. The molecule has 0 aliphatic carbocycles. The van der Waals surface area contributed by atoms with E-state index in [9.17, 15) is 19.8 Å². The molecule has 358 valence electrons. The van der Waals surface area contributed by atoms with Gasteiger partial charge < -0.3 is 20.3 Å². The molecule has 0 aromatic rings. The van der Waals surface area contributed by atoms with Gasteiger partial charge in [-0.15, -0.1) is 0 Å². The number of unbranched alkanes of at least 4 members (excludes halogenated alkanes) is 22. The third-order valence-electron chi connectivity index (χ3n) is 11.5.